The van der Waals surface area contributed by atoms with E-state index in [0.29, 0.717) is 5.56 Å². The molecule has 2 rings (SSSR count). The second kappa shape index (κ2) is 5.56. The number of sulfonamides is 2. The second-order valence-corrected chi connectivity index (χ2v) is 7.62. The number of nitrogens with two attached hydrogens (primary N) is 1. The zero-order valence-electron chi connectivity index (χ0n) is 11.0. The van der Waals surface area contributed by atoms with Crippen LogP contribution in [0.4, 0.5) is 0 Å². The standard InChI is InChI=1S/C11H14N4O4S2/c1-8(15-21(18,19)11-6-13-7-14-11)9-2-4-10(5-3-9)20(12,16)17/h2-8,15H,1H3,(H,13,14)(H2,12,16,17). The van der Waals surface area contributed by atoms with Gasteiger partial charge in [0.1, 0.15) is 0 Å². The predicted molar refractivity (Wildman–Crippen MR) is 75.1 cm³/mol. The Morgan fingerprint density at radius 2 is 1.81 bits per heavy atom. The van der Waals surface area contributed by atoms with Crippen molar-refractivity contribution in [2.75, 3.05) is 0 Å². The van der Waals surface area contributed by atoms with Crippen molar-refractivity contribution in [3.05, 3.63) is 42.4 Å². The van der Waals surface area contributed by atoms with Crippen LogP contribution in [0.2, 0.25) is 0 Å². The van der Waals surface area contributed by atoms with Crippen molar-refractivity contribution in [1.82, 2.24) is 14.7 Å². The number of H-pyrrole nitrogens is 1. The third kappa shape index (κ3) is 3.67. The molecule has 1 atom stereocenters. The molecule has 0 radical (unpaired) electrons. The monoisotopic (exact) mass is 330 g/mol. The van der Waals surface area contributed by atoms with Crippen molar-refractivity contribution in [2.24, 2.45) is 5.14 Å². The molecule has 0 fully saturated rings. The number of primary sulfonamides is 1. The first-order valence-corrected chi connectivity index (χ1v) is 8.86. The van der Waals surface area contributed by atoms with E-state index in [-0.39, 0.29) is 9.92 Å². The number of hydrogen-bond donors (Lipinski definition) is 3. The lowest BCUT2D eigenvalue weighted by Crippen LogP contribution is -2.27. The molecule has 21 heavy (non-hydrogen) atoms. The molecule has 10 heteroatoms. The molecular formula is C11H14N4O4S2. The molecule has 0 saturated heterocycles. The van der Waals surface area contributed by atoms with Gasteiger partial charge in [-0.25, -0.2) is 31.7 Å². The topological polar surface area (TPSA) is 135 Å². The number of nitrogens with one attached hydrogen (secondary N) is 2. The lowest BCUT2D eigenvalue weighted by Gasteiger charge is -2.14. The molecule has 8 nitrogen and oxygen atoms in total. The van der Waals surface area contributed by atoms with Gasteiger partial charge in [-0.15, -0.1) is 0 Å². The van der Waals surface area contributed by atoms with Crippen molar-refractivity contribution >= 4 is 20.0 Å². The smallest absolute Gasteiger partial charge is 0.258 e. The summed E-state index contributed by atoms with van der Waals surface area (Å²) in [4.78, 5) is 6.13. The average molecular weight is 330 g/mol. The number of hydrogen-bond acceptors (Lipinski definition) is 5. The lowest BCUT2D eigenvalue weighted by molar-refractivity contribution is 0.563. The predicted octanol–water partition coefficient (Wildman–Crippen LogP) is 0.0966. The Kier molecular flexibility index (Phi) is 4.14. The van der Waals surface area contributed by atoms with Crippen LogP contribution < -0.4 is 9.86 Å². The maximum atomic E-state index is 12.0. The highest BCUT2D eigenvalue weighted by Crippen LogP contribution is 2.17. The average Bonchev–Trinajstić information content (AvgIpc) is 2.92. The van der Waals surface area contributed by atoms with E-state index < -0.39 is 26.1 Å². The van der Waals surface area contributed by atoms with Crippen LogP contribution in [0.15, 0.2) is 46.7 Å². The number of aromatic nitrogens is 2. The minimum Gasteiger partial charge on any atom is -0.335 e. The van der Waals surface area contributed by atoms with E-state index >= 15 is 0 Å². The largest absolute Gasteiger partial charge is 0.335 e. The van der Waals surface area contributed by atoms with Crippen LogP contribution in [-0.2, 0) is 20.0 Å². The van der Waals surface area contributed by atoms with Crippen molar-refractivity contribution in [3.63, 3.8) is 0 Å². The number of imidazole rings is 1. The van der Waals surface area contributed by atoms with Gasteiger partial charge < -0.3 is 4.98 Å². The van der Waals surface area contributed by atoms with Crippen LogP contribution in [0.1, 0.15) is 18.5 Å². The Bertz CT molecular complexity index is 812. The summed E-state index contributed by atoms with van der Waals surface area (Å²) in [6.07, 6.45) is 2.46. The van der Waals surface area contributed by atoms with Crippen LogP contribution >= 0.6 is 0 Å². The van der Waals surface area contributed by atoms with Crippen molar-refractivity contribution in [1.29, 1.82) is 0 Å². The van der Waals surface area contributed by atoms with Gasteiger partial charge in [0.05, 0.1) is 17.4 Å². The summed E-state index contributed by atoms with van der Waals surface area (Å²) in [5.41, 5.74) is 0.602. The Balaban J connectivity index is 2.20. The molecule has 1 aromatic carbocycles. The first-order chi connectivity index (χ1) is 9.70. The summed E-state index contributed by atoms with van der Waals surface area (Å²) >= 11 is 0. The molecular weight excluding hydrogens is 316 g/mol. The normalized spacial score (nSPS) is 14.0. The summed E-state index contributed by atoms with van der Waals surface area (Å²) in [6, 6.07) is 5.10. The fourth-order valence-corrected chi connectivity index (χ4v) is 3.35. The molecule has 0 aliphatic rings. The summed E-state index contributed by atoms with van der Waals surface area (Å²) < 4.78 is 48.8. The van der Waals surface area contributed by atoms with Crippen LogP contribution in [0, 0.1) is 0 Å². The maximum absolute atomic E-state index is 12.0. The minimum atomic E-state index is -3.77. The molecule has 0 aliphatic carbocycles. The van der Waals surface area contributed by atoms with Crippen molar-refractivity contribution < 1.29 is 16.8 Å². The quantitative estimate of drug-likeness (QED) is 0.714. The van der Waals surface area contributed by atoms with Crippen LogP contribution in [-0.4, -0.2) is 26.8 Å². The molecule has 4 N–H and O–H groups in total. The van der Waals surface area contributed by atoms with Crippen LogP contribution in [0.5, 0.6) is 0 Å². The molecule has 0 amide bonds. The molecule has 2 aromatic rings. The van der Waals surface area contributed by atoms with E-state index in [4.69, 9.17) is 5.14 Å². The van der Waals surface area contributed by atoms with E-state index in [1.807, 2.05) is 0 Å². The molecule has 1 unspecified atom stereocenters. The van der Waals surface area contributed by atoms with Gasteiger partial charge in [-0.05, 0) is 24.6 Å². The van der Waals surface area contributed by atoms with Crippen molar-refractivity contribution in [2.45, 2.75) is 22.9 Å². The van der Waals surface area contributed by atoms with Gasteiger partial charge in [-0.1, -0.05) is 12.1 Å². The molecule has 0 spiro atoms. The Morgan fingerprint density at radius 1 is 1.19 bits per heavy atom. The molecule has 0 aliphatic heterocycles. The van der Waals surface area contributed by atoms with E-state index in [1.165, 1.54) is 36.8 Å². The van der Waals surface area contributed by atoms with Gasteiger partial charge in [0, 0.05) is 6.04 Å². The number of rotatable bonds is 5. The molecule has 1 aromatic heterocycles. The zero-order valence-corrected chi connectivity index (χ0v) is 12.6. The second-order valence-electron chi connectivity index (χ2n) is 4.37. The summed E-state index contributed by atoms with van der Waals surface area (Å²) in [5, 5.41) is 4.95. The van der Waals surface area contributed by atoms with E-state index in [9.17, 15) is 16.8 Å². The third-order valence-electron chi connectivity index (χ3n) is 2.80. The van der Waals surface area contributed by atoms with Crippen molar-refractivity contribution in [3.8, 4) is 0 Å². The number of aromatic amines is 1. The fraction of sp³-hybridized carbons (Fsp3) is 0.182. The Labute approximate surface area is 122 Å². The third-order valence-corrected chi connectivity index (χ3v) is 5.20. The molecule has 0 saturated carbocycles. The fourth-order valence-electron chi connectivity index (χ4n) is 1.70. The highest BCUT2D eigenvalue weighted by Gasteiger charge is 2.19. The Hall–Kier alpha value is -1.75. The van der Waals surface area contributed by atoms with Gasteiger partial charge in [0.15, 0.2) is 5.03 Å². The summed E-state index contributed by atoms with van der Waals surface area (Å²) in [6.45, 7) is 1.64. The highest BCUT2D eigenvalue weighted by molar-refractivity contribution is 7.89. The first-order valence-electron chi connectivity index (χ1n) is 5.83. The van der Waals surface area contributed by atoms with Gasteiger partial charge in [0.25, 0.3) is 10.0 Å². The SMILES string of the molecule is CC(NS(=O)(=O)c1cnc[nH]1)c1ccc(S(N)(=O)=O)cc1. The lowest BCUT2D eigenvalue weighted by atomic mass is 10.1. The van der Waals surface area contributed by atoms with Gasteiger partial charge in [0.2, 0.25) is 10.0 Å². The maximum Gasteiger partial charge on any atom is 0.258 e. The molecule has 0 bridgehead atoms. The van der Waals surface area contributed by atoms with Gasteiger partial charge >= 0.3 is 0 Å². The van der Waals surface area contributed by atoms with Crippen LogP contribution in [0.3, 0.4) is 0 Å². The Morgan fingerprint density at radius 3 is 2.29 bits per heavy atom. The van der Waals surface area contributed by atoms with E-state index in [0.717, 1.165) is 0 Å². The number of benzene rings is 1. The zero-order chi connectivity index (χ0) is 15.7. The van der Waals surface area contributed by atoms with E-state index in [2.05, 4.69) is 14.7 Å². The summed E-state index contributed by atoms with van der Waals surface area (Å²) in [7, 11) is -7.48. The minimum absolute atomic E-state index is 0.0325. The van der Waals surface area contributed by atoms with E-state index in [1.54, 1.807) is 6.92 Å². The molecule has 114 valence electrons. The number of nitrogens with zero attached hydrogens (tertiary/aromatic N) is 1. The molecule has 1 heterocycles. The van der Waals surface area contributed by atoms with Gasteiger partial charge in [-0.3, -0.25) is 0 Å². The first kappa shape index (κ1) is 15.6. The van der Waals surface area contributed by atoms with Gasteiger partial charge in [-0.2, -0.15) is 0 Å². The summed E-state index contributed by atoms with van der Waals surface area (Å²) in [5.74, 6) is 0. The van der Waals surface area contributed by atoms with Crippen LogP contribution in [0.25, 0.3) is 0 Å². The highest BCUT2D eigenvalue weighted by atomic mass is 32.2.